The Morgan fingerprint density at radius 1 is 0.711 bits per heavy atom. The quantitative estimate of drug-likeness (QED) is 0.276. The Morgan fingerprint density at radius 2 is 1.13 bits per heavy atom. The minimum atomic E-state index is -1.07. The fourth-order valence-electron chi connectivity index (χ4n) is 5.70. The van der Waals surface area contributed by atoms with E-state index in [9.17, 15) is 14.7 Å². The zero-order chi connectivity index (χ0) is 26.1. The predicted octanol–water partition coefficient (Wildman–Crippen LogP) is 6.52. The van der Waals surface area contributed by atoms with Crippen molar-refractivity contribution in [3.05, 3.63) is 119 Å². The van der Waals surface area contributed by atoms with E-state index in [1.807, 2.05) is 48.5 Å². The maximum Gasteiger partial charge on any atom is 0.407 e. The van der Waals surface area contributed by atoms with Crippen LogP contribution in [0.5, 0.6) is 0 Å². The van der Waals surface area contributed by atoms with Crippen LogP contribution in [0.1, 0.15) is 34.1 Å². The molecule has 0 radical (unpaired) electrons. The van der Waals surface area contributed by atoms with Crippen LogP contribution in [-0.4, -0.2) is 41.3 Å². The third-order valence-electron chi connectivity index (χ3n) is 7.47. The number of carbonyl (C=O) groups excluding carboxylic acids is 1. The van der Waals surface area contributed by atoms with Crippen molar-refractivity contribution in [2.75, 3.05) is 18.1 Å². The van der Waals surface area contributed by atoms with Gasteiger partial charge < -0.3 is 15.2 Å². The van der Waals surface area contributed by atoms with Crippen LogP contribution in [0, 0.1) is 0 Å². The molecule has 4 aromatic rings. The number of ether oxygens (including phenoxy) is 1. The van der Waals surface area contributed by atoms with E-state index < -0.39 is 18.1 Å². The van der Waals surface area contributed by atoms with Crippen LogP contribution in [0.15, 0.2) is 97.1 Å². The van der Waals surface area contributed by atoms with Gasteiger partial charge in [-0.2, -0.15) is 11.8 Å². The van der Waals surface area contributed by atoms with E-state index in [1.165, 1.54) is 34.0 Å². The molecule has 0 unspecified atom stereocenters. The number of rotatable bonds is 8. The molecule has 1 atom stereocenters. The Bertz CT molecular complexity index is 1430. The number of thioether (sulfide) groups is 1. The van der Waals surface area contributed by atoms with Gasteiger partial charge >= 0.3 is 12.1 Å². The van der Waals surface area contributed by atoms with Crippen molar-refractivity contribution >= 4 is 23.8 Å². The van der Waals surface area contributed by atoms with Crippen LogP contribution in [0.25, 0.3) is 22.3 Å². The van der Waals surface area contributed by atoms with Crippen LogP contribution in [0.3, 0.4) is 0 Å². The SMILES string of the molecule is O=C(N[C@@H](CSCC1c2ccccc2-c2ccccc21)C(=O)O)OCC1c2ccccc2-c2ccccc21. The number of nitrogens with one attached hydrogen (secondary N) is 1. The van der Waals surface area contributed by atoms with Gasteiger partial charge in [-0.05, 0) is 44.5 Å². The van der Waals surface area contributed by atoms with Gasteiger partial charge in [0.15, 0.2) is 0 Å². The largest absolute Gasteiger partial charge is 0.480 e. The maximum atomic E-state index is 12.7. The Morgan fingerprint density at radius 3 is 1.58 bits per heavy atom. The minimum Gasteiger partial charge on any atom is -0.480 e. The smallest absolute Gasteiger partial charge is 0.407 e. The van der Waals surface area contributed by atoms with Crippen molar-refractivity contribution in [3.63, 3.8) is 0 Å². The number of fused-ring (bicyclic) bond motifs is 6. The highest BCUT2D eigenvalue weighted by Crippen LogP contribution is 2.46. The summed E-state index contributed by atoms with van der Waals surface area (Å²) in [5.74, 6) is 0.0210. The number of hydrogen-bond acceptors (Lipinski definition) is 4. The van der Waals surface area contributed by atoms with Crippen molar-refractivity contribution in [3.8, 4) is 22.3 Å². The molecule has 4 aromatic carbocycles. The van der Waals surface area contributed by atoms with E-state index in [2.05, 4.69) is 53.8 Å². The van der Waals surface area contributed by atoms with Crippen molar-refractivity contribution in [1.29, 1.82) is 0 Å². The van der Waals surface area contributed by atoms with Gasteiger partial charge in [0.25, 0.3) is 0 Å². The van der Waals surface area contributed by atoms with Gasteiger partial charge in [-0.15, -0.1) is 0 Å². The lowest BCUT2D eigenvalue weighted by molar-refractivity contribution is -0.138. The molecule has 2 N–H and O–H groups in total. The third-order valence-corrected chi connectivity index (χ3v) is 8.60. The molecule has 2 aliphatic carbocycles. The predicted molar refractivity (Wildman–Crippen MR) is 151 cm³/mol. The molecule has 6 heteroatoms. The minimum absolute atomic E-state index is 0.0756. The first-order valence-electron chi connectivity index (χ1n) is 12.7. The van der Waals surface area contributed by atoms with Gasteiger partial charge in [-0.25, -0.2) is 9.59 Å². The number of aliphatic carboxylic acids is 1. The summed E-state index contributed by atoms with van der Waals surface area (Å²) in [6.45, 7) is 0.148. The van der Waals surface area contributed by atoms with Gasteiger partial charge in [-0.3, -0.25) is 0 Å². The van der Waals surface area contributed by atoms with Gasteiger partial charge in [-0.1, -0.05) is 97.1 Å². The van der Waals surface area contributed by atoms with Gasteiger partial charge in [0.1, 0.15) is 12.6 Å². The Balaban J connectivity index is 1.08. The van der Waals surface area contributed by atoms with E-state index in [-0.39, 0.29) is 24.2 Å². The lowest BCUT2D eigenvalue weighted by Crippen LogP contribution is -2.43. The van der Waals surface area contributed by atoms with Crippen LogP contribution >= 0.6 is 11.8 Å². The monoisotopic (exact) mass is 521 g/mol. The van der Waals surface area contributed by atoms with Crippen LogP contribution in [0.4, 0.5) is 4.79 Å². The van der Waals surface area contributed by atoms with Crippen molar-refractivity contribution in [1.82, 2.24) is 5.32 Å². The Labute approximate surface area is 225 Å². The molecule has 5 nitrogen and oxygen atoms in total. The topological polar surface area (TPSA) is 75.6 Å². The zero-order valence-electron chi connectivity index (χ0n) is 20.7. The van der Waals surface area contributed by atoms with Gasteiger partial charge in [0.2, 0.25) is 0 Å². The van der Waals surface area contributed by atoms with Crippen LogP contribution < -0.4 is 5.32 Å². The Kier molecular flexibility index (Phi) is 6.64. The summed E-state index contributed by atoms with van der Waals surface area (Å²) in [7, 11) is 0. The fourth-order valence-corrected chi connectivity index (χ4v) is 6.89. The standard InChI is InChI=1S/C32H27NO4S/c34-31(35)30(19-38-18-29-26-15-7-3-11-22(26)23-12-4-8-16-27(23)29)33-32(36)37-17-28-24-13-5-1-9-20(24)21-10-2-6-14-25(21)28/h1-16,28-30H,17-19H2,(H,33,36)(H,34,35)/t30-/m0/s1. The zero-order valence-corrected chi connectivity index (χ0v) is 21.5. The fraction of sp³-hybridized carbons (Fsp3) is 0.188. The van der Waals surface area contributed by atoms with E-state index in [4.69, 9.17) is 4.74 Å². The van der Waals surface area contributed by atoms with E-state index in [0.29, 0.717) is 0 Å². The number of carboxylic acids is 1. The molecule has 0 heterocycles. The first kappa shape index (κ1) is 24.3. The second kappa shape index (κ2) is 10.4. The van der Waals surface area contributed by atoms with Gasteiger partial charge in [0, 0.05) is 23.3 Å². The summed E-state index contributed by atoms with van der Waals surface area (Å²) < 4.78 is 5.57. The summed E-state index contributed by atoms with van der Waals surface area (Å²) in [6.07, 6.45) is -0.712. The molecule has 0 fully saturated rings. The molecular formula is C32H27NO4S. The highest BCUT2D eigenvalue weighted by atomic mass is 32.2. The maximum absolute atomic E-state index is 12.7. The third kappa shape index (κ3) is 4.45. The number of carboxylic acid groups (broad SMARTS) is 1. The number of hydrogen-bond donors (Lipinski definition) is 2. The molecule has 0 spiro atoms. The van der Waals surface area contributed by atoms with Crippen molar-refractivity contribution in [2.24, 2.45) is 0 Å². The molecule has 0 saturated heterocycles. The normalized spacial score (nSPS) is 14.2. The second-order valence-corrected chi connectivity index (χ2v) is 10.7. The molecule has 190 valence electrons. The average molecular weight is 522 g/mol. The molecule has 38 heavy (non-hydrogen) atoms. The Hall–Kier alpha value is -4.03. The number of carbonyl (C=O) groups is 2. The highest BCUT2D eigenvalue weighted by Gasteiger charge is 2.31. The second-order valence-electron chi connectivity index (χ2n) is 9.63. The van der Waals surface area contributed by atoms with Crippen LogP contribution in [-0.2, 0) is 9.53 Å². The molecule has 0 saturated carbocycles. The molecule has 2 aliphatic rings. The summed E-state index contributed by atoms with van der Waals surface area (Å²) >= 11 is 1.53. The summed E-state index contributed by atoms with van der Waals surface area (Å²) in [5.41, 5.74) is 9.52. The molecule has 1 amide bonds. The summed E-state index contributed by atoms with van der Waals surface area (Å²) in [5, 5.41) is 12.4. The molecule has 0 aliphatic heterocycles. The highest BCUT2D eigenvalue weighted by molar-refractivity contribution is 7.99. The molecule has 0 aromatic heterocycles. The first-order valence-corrected chi connectivity index (χ1v) is 13.9. The van der Waals surface area contributed by atoms with E-state index in [1.54, 1.807) is 0 Å². The lowest BCUT2D eigenvalue weighted by Gasteiger charge is -2.18. The van der Waals surface area contributed by atoms with Crippen molar-refractivity contribution < 1.29 is 19.4 Å². The molecule has 0 bridgehead atoms. The number of benzene rings is 4. The number of amides is 1. The van der Waals surface area contributed by atoms with Crippen LogP contribution in [0.2, 0.25) is 0 Å². The first-order chi connectivity index (χ1) is 18.6. The summed E-state index contributed by atoms with van der Waals surface area (Å²) in [4.78, 5) is 24.6. The average Bonchev–Trinajstić information content (AvgIpc) is 3.44. The lowest BCUT2D eigenvalue weighted by atomic mass is 9.98. The van der Waals surface area contributed by atoms with E-state index in [0.717, 1.165) is 28.0 Å². The molecular weight excluding hydrogens is 494 g/mol. The summed E-state index contributed by atoms with van der Waals surface area (Å²) in [6, 6.07) is 31.9. The van der Waals surface area contributed by atoms with Gasteiger partial charge in [0.05, 0.1) is 0 Å². The molecule has 6 rings (SSSR count). The number of alkyl carbamates (subject to hydrolysis) is 1. The van der Waals surface area contributed by atoms with E-state index >= 15 is 0 Å². The van der Waals surface area contributed by atoms with Crippen molar-refractivity contribution in [2.45, 2.75) is 17.9 Å².